The molecule has 0 saturated carbocycles. The second kappa shape index (κ2) is 8.61. The van der Waals surface area contributed by atoms with Crippen LogP contribution in [0.3, 0.4) is 0 Å². The number of benzene rings is 3. The molecule has 0 unspecified atom stereocenters. The zero-order chi connectivity index (χ0) is 21.2. The number of hydrogen-bond donors (Lipinski definition) is 1. The summed E-state index contributed by atoms with van der Waals surface area (Å²) in [5.74, 6) is 3.51. The van der Waals surface area contributed by atoms with Crippen LogP contribution < -0.4 is 19.5 Å². The quantitative estimate of drug-likeness (QED) is 0.332. The molecule has 31 heavy (non-hydrogen) atoms. The Morgan fingerprint density at radius 2 is 1.81 bits per heavy atom. The lowest BCUT2D eigenvalue weighted by atomic mass is 10.2. The second-order valence-corrected chi connectivity index (χ2v) is 8.21. The van der Waals surface area contributed by atoms with Gasteiger partial charge >= 0.3 is 0 Å². The van der Waals surface area contributed by atoms with Gasteiger partial charge in [0, 0.05) is 26.5 Å². The van der Waals surface area contributed by atoms with E-state index < -0.39 is 0 Å². The van der Waals surface area contributed by atoms with Gasteiger partial charge in [0.2, 0.25) is 6.79 Å². The van der Waals surface area contributed by atoms with Crippen LogP contribution in [0.1, 0.15) is 0 Å². The fourth-order valence-electron chi connectivity index (χ4n) is 3.27. The second-order valence-electron chi connectivity index (χ2n) is 6.85. The normalized spacial score (nSPS) is 12.2. The molecule has 2 heterocycles. The molecule has 0 bridgehead atoms. The number of hydrogen-bond acceptors (Lipinski definition) is 6. The minimum atomic E-state index is 0.242. The molecule has 6 nitrogen and oxygen atoms in total. The lowest BCUT2D eigenvalue weighted by Crippen LogP contribution is -2.13. The number of nitrogens with one attached hydrogen (secondary N) is 1. The van der Waals surface area contributed by atoms with E-state index in [0.29, 0.717) is 29.7 Å². The van der Waals surface area contributed by atoms with Crippen LogP contribution in [-0.4, -0.2) is 29.9 Å². The summed E-state index contributed by atoms with van der Waals surface area (Å²) in [7, 11) is 0. The molecule has 1 aromatic heterocycles. The van der Waals surface area contributed by atoms with Crippen LogP contribution in [0.15, 0.2) is 65.1 Å². The van der Waals surface area contributed by atoms with Crippen molar-refractivity contribution in [2.24, 2.45) is 0 Å². The Morgan fingerprint density at radius 1 is 0.968 bits per heavy atom. The highest BCUT2D eigenvalue weighted by Gasteiger charge is 2.14. The van der Waals surface area contributed by atoms with Gasteiger partial charge in [0.1, 0.15) is 18.2 Å². The third-order valence-corrected chi connectivity index (χ3v) is 5.53. The van der Waals surface area contributed by atoms with E-state index in [4.69, 9.17) is 35.8 Å². The van der Waals surface area contributed by atoms with Gasteiger partial charge < -0.3 is 19.5 Å². The molecule has 5 rings (SSSR count). The first-order valence-corrected chi connectivity index (χ1v) is 10.8. The summed E-state index contributed by atoms with van der Waals surface area (Å²) >= 11 is 9.66. The average Bonchev–Trinajstić information content (AvgIpc) is 3.24. The average molecular weight is 499 g/mol. The first-order valence-electron chi connectivity index (χ1n) is 9.65. The Morgan fingerprint density at radius 3 is 2.68 bits per heavy atom. The van der Waals surface area contributed by atoms with E-state index in [1.807, 2.05) is 60.7 Å². The molecule has 0 aliphatic carbocycles. The summed E-state index contributed by atoms with van der Waals surface area (Å²) in [6, 6.07) is 19.0. The van der Waals surface area contributed by atoms with E-state index >= 15 is 0 Å². The van der Waals surface area contributed by atoms with Gasteiger partial charge in [-0.15, -0.1) is 0 Å². The van der Waals surface area contributed by atoms with E-state index in [-0.39, 0.29) is 6.79 Å². The highest BCUT2D eigenvalue weighted by atomic mass is 79.9. The first-order chi connectivity index (χ1) is 15.2. The molecule has 1 aliphatic rings. The molecule has 0 spiro atoms. The number of fused-ring (bicyclic) bond motifs is 2. The molecular weight excluding hydrogens is 482 g/mol. The van der Waals surface area contributed by atoms with Crippen LogP contribution in [0.2, 0.25) is 5.02 Å². The van der Waals surface area contributed by atoms with Crippen molar-refractivity contribution in [1.82, 2.24) is 9.97 Å². The number of aromatic nitrogens is 2. The summed E-state index contributed by atoms with van der Waals surface area (Å²) in [6.07, 6.45) is 0. The molecular formula is C23H17BrClN3O3. The monoisotopic (exact) mass is 497 g/mol. The molecule has 4 aromatic rings. The van der Waals surface area contributed by atoms with Crippen molar-refractivity contribution in [2.75, 3.05) is 25.3 Å². The summed E-state index contributed by atoms with van der Waals surface area (Å²) < 4.78 is 17.6. The Labute approximate surface area is 192 Å². The molecule has 0 saturated heterocycles. The summed E-state index contributed by atoms with van der Waals surface area (Å²) in [5.41, 5.74) is 1.70. The van der Waals surface area contributed by atoms with Crippen molar-refractivity contribution in [1.29, 1.82) is 0 Å². The van der Waals surface area contributed by atoms with Crippen molar-refractivity contribution in [3.8, 4) is 28.6 Å². The molecule has 0 fully saturated rings. The molecule has 0 amide bonds. The van der Waals surface area contributed by atoms with Crippen molar-refractivity contribution in [3.63, 3.8) is 0 Å². The molecule has 1 N–H and O–H groups in total. The summed E-state index contributed by atoms with van der Waals surface area (Å²) in [5, 5.41) is 4.89. The standard InChI is InChI=1S/C23H17BrClN3O3/c24-15-3-1-14(2-4-15)22-27-19-11-16(25)5-7-18(19)23(28-22)26-9-10-29-17-6-8-20-21(12-17)31-13-30-20/h1-8,11-12H,9-10,13H2,(H,26,27,28). The minimum Gasteiger partial charge on any atom is -0.492 e. The smallest absolute Gasteiger partial charge is 0.231 e. The number of anilines is 1. The Bertz CT molecular complexity index is 1250. The number of ether oxygens (including phenoxy) is 3. The van der Waals surface area contributed by atoms with E-state index in [1.165, 1.54) is 0 Å². The maximum absolute atomic E-state index is 6.20. The number of rotatable bonds is 6. The third-order valence-electron chi connectivity index (χ3n) is 4.77. The van der Waals surface area contributed by atoms with Gasteiger partial charge in [-0.2, -0.15) is 0 Å². The molecule has 1 aliphatic heterocycles. The van der Waals surface area contributed by atoms with Gasteiger partial charge in [-0.3, -0.25) is 0 Å². The molecule has 3 aromatic carbocycles. The highest BCUT2D eigenvalue weighted by Crippen LogP contribution is 2.35. The topological polar surface area (TPSA) is 65.5 Å². The lowest BCUT2D eigenvalue weighted by Gasteiger charge is -2.12. The Hall–Kier alpha value is -3.03. The van der Waals surface area contributed by atoms with Crippen LogP contribution >= 0.6 is 27.5 Å². The van der Waals surface area contributed by atoms with Crippen molar-refractivity contribution >= 4 is 44.3 Å². The van der Waals surface area contributed by atoms with Crippen LogP contribution in [0.5, 0.6) is 17.2 Å². The maximum atomic E-state index is 6.20. The van der Waals surface area contributed by atoms with Crippen LogP contribution in [0.4, 0.5) is 5.82 Å². The SMILES string of the molecule is Clc1ccc2c(NCCOc3ccc4c(c3)OCO4)nc(-c3ccc(Br)cc3)nc2c1. The lowest BCUT2D eigenvalue weighted by molar-refractivity contribution is 0.174. The van der Waals surface area contributed by atoms with E-state index in [0.717, 1.165) is 38.3 Å². The number of halogens is 2. The zero-order valence-electron chi connectivity index (χ0n) is 16.3. The molecule has 156 valence electrons. The predicted molar refractivity (Wildman–Crippen MR) is 124 cm³/mol. The Balaban J connectivity index is 1.35. The van der Waals surface area contributed by atoms with Crippen LogP contribution in [-0.2, 0) is 0 Å². The van der Waals surface area contributed by atoms with Gasteiger partial charge in [-0.25, -0.2) is 9.97 Å². The number of nitrogens with zero attached hydrogens (tertiary/aromatic N) is 2. The van der Waals surface area contributed by atoms with Gasteiger partial charge in [0.25, 0.3) is 0 Å². The third kappa shape index (κ3) is 4.38. The highest BCUT2D eigenvalue weighted by molar-refractivity contribution is 9.10. The van der Waals surface area contributed by atoms with Gasteiger partial charge in [-0.05, 0) is 42.5 Å². The first kappa shape index (κ1) is 19.9. The predicted octanol–water partition coefficient (Wildman–Crippen LogP) is 5.93. The van der Waals surface area contributed by atoms with Crippen molar-refractivity contribution in [2.45, 2.75) is 0 Å². The summed E-state index contributed by atoms with van der Waals surface area (Å²) in [4.78, 5) is 9.45. The fraction of sp³-hybridized carbons (Fsp3) is 0.130. The van der Waals surface area contributed by atoms with Crippen molar-refractivity contribution in [3.05, 3.63) is 70.2 Å². The Kier molecular flexibility index (Phi) is 5.53. The van der Waals surface area contributed by atoms with Crippen molar-refractivity contribution < 1.29 is 14.2 Å². The van der Waals surface area contributed by atoms with E-state index in [9.17, 15) is 0 Å². The van der Waals surface area contributed by atoms with Gasteiger partial charge in [0.05, 0.1) is 12.1 Å². The molecule has 8 heteroatoms. The fourth-order valence-corrected chi connectivity index (χ4v) is 3.70. The van der Waals surface area contributed by atoms with Gasteiger partial charge in [0.15, 0.2) is 17.3 Å². The van der Waals surface area contributed by atoms with E-state index in [2.05, 4.69) is 21.2 Å². The summed E-state index contributed by atoms with van der Waals surface area (Å²) in [6.45, 7) is 1.25. The van der Waals surface area contributed by atoms with Crippen LogP contribution in [0, 0.1) is 0 Å². The van der Waals surface area contributed by atoms with E-state index in [1.54, 1.807) is 0 Å². The largest absolute Gasteiger partial charge is 0.492 e. The van der Waals surface area contributed by atoms with Gasteiger partial charge in [-0.1, -0.05) is 39.7 Å². The molecule has 0 radical (unpaired) electrons. The maximum Gasteiger partial charge on any atom is 0.231 e. The zero-order valence-corrected chi connectivity index (χ0v) is 18.6. The molecule has 0 atom stereocenters. The minimum absolute atomic E-state index is 0.242. The van der Waals surface area contributed by atoms with Crippen LogP contribution in [0.25, 0.3) is 22.3 Å².